The topological polar surface area (TPSA) is 73.1 Å². The Morgan fingerprint density at radius 2 is 2.20 bits per heavy atom. The van der Waals surface area contributed by atoms with Crippen LogP contribution in [0.5, 0.6) is 0 Å². The molecule has 1 atom stereocenters. The zero-order chi connectivity index (χ0) is 17.5. The lowest BCUT2D eigenvalue weighted by Crippen LogP contribution is -2.48. The van der Waals surface area contributed by atoms with Crippen molar-refractivity contribution in [2.24, 2.45) is 0 Å². The third-order valence-electron chi connectivity index (χ3n) is 4.58. The molecule has 134 valence electrons. The van der Waals surface area contributed by atoms with Gasteiger partial charge in [-0.1, -0.05) is 0 Å². The minimum Gasteiger partial charge on any atom is -0.377 e. The largest absolute Gasteiger partial charge is 0.377 e. The lowest BCUT2D eigenvalue weighted by atomic mass is 10.1. The number of aromatic nitrogens is 4. The Labute approximate surface area is 148 Å². The van der Waals surface area contributed by atoms with Crippen LogP contribution in [0, 0.1) is 6.92 Å². The average molecular weight is 343 g/mol. The molecule has 1 amide bonds. The summed E-state index contributed by atoms with van der Waals surface area (Å²) < 4.78 is 7.46. The lowest BCUT2D eigenvalue weighted by molar-refractivity contribution is -0.140. The number of ether oxygens (including phenoxy) is 1. The fourth-order valence-electron chi connectivity index (χ4n) is 3.18. The zero-order valence-electron chi connectivity index (χ0n) is 14.7. The number of rotatable bonds is 7. The van der Waals surface area contributed by atoms with E-state index in [0.29, 0.717) is 26.2 Å². The van der Waals surface area contributed by atoms with Gasteiger partial charge >= 0.3 is 0 Å². The van der Waals surface area contributed by atoms with Crippen LogP contribution in [-0.2, 0) is 22.5 Å². The van der Waals surface area contributed by atoms with Crippen LogP contribution >= 0.6 is 0 Å². The van der Waals surface area contributed by atoms with E-state index in [2.05, 4.69) is 15.1 Å². The molecule has 3 heterocycles. The molecule has 1 fully saturated rings. The van der Waals surface area contributed by atoms with Crippen molar-refractivity contribution in [3.05, 3.63) is 42.2 Å². The Hall–Kier alpha value is -2.28. The Morgan fingerprint density at radius 1 is 1.32 bits per heavy atom. The standard InChI is InChI=1S/C18H25N5O2/c1-15-17(20-9-8-19-15)6-5-16-14-25-13-12-23(16)18(24)4-2-10-22-11-3-7-21-22/h3,7-9,11,16H,2,4-6,10,12-14H2,1H3/t16-/m1/s1. The van der Waals surface area contributed by atoms with Gasteiger partial charge in [-0.3, -0.25) is 19.4 Å². The van der Waals surface area contributed by atoms with E-state index in [9.17, 15) is 4.79 Å². The van der Waals surface area contributed by atoms with Gasteiger partial charge in [0, 0.05) is 44.3 Å². The summed E-state index contributed by atoms with van der Waals surface area (Å²) in [6.45, 7) is 4.63. The molecule has 0 saturated carbocycles. The molecule has 0 bridgehead atoms. The number of nitrogens with zero attached hydrogens (tertiary/aromatic N) is 5. The maximum atomic E-state index is 12.6. The molecule has 7 heteroatoms. The van der Waals surface area contributed by atoms with E-state index >= 15 is 0 Å². The van der Waals surface area contributed by atoms with Crippen LogP contribution in [0.4, 0.5) is 0 Å². The van der Waals surface area contributed by atoms with Crippen LogP contribution in [0.2, 0.25) is 0 Å². The van der Waals surface area contributed by atoms with E-state index in [1.165, 1.54) is 0 Å². The monoisotopic (exact) mass is 343 g/mol. The van der Waals surface area contributed by atoms with Gasteiger partial charge in [0.05, 0.1) is 30.6 Å². The van der Waals surface area contributed by atoms with Crippen molar-refractivity contribution in [2.45, 2.75) is 45.2 Å². The van der Waals surface area contributed by atoms with Gasteiger partial charge in [0.25, 0.3) is 0 Å². The van der Waals surface area contributed by atoms with Gasteiger partial charge < -0.3 is 9.64 Å². The highest BCUT2D eigenvalue weighted by atomic mass is 16.5. The molecular weight excluding hydrogens is 318 g/mol. The number of amides is 1. The molecule has 1 saturated heterocycles. The first kappa shape index (κ1) is 17.5. The molecule has 3 rings (SSSR count). The molecule has 0 aliphatic carbocycles. The quantitative estimate of drug-likeness (QED) is 0.764. The first-order valence-electron chi connectivity index (χ1n) is 8.85. The van der Waals surface area contributed by atoms with Crippen LogP contribution in [0.1, 0.15) is 30.7 Å². The van der Waals surface area contributed by atoms with Crippen molar-refractivity contribution in [3.63, 3.8) is 0 Å². The van der Waals surface area contributed by atoms with Crippen molar-refractivity contribution in [3.8, 4) is 0 Å². The molecular formula is C18H25N5O2. The van der Waals surface area contributed by atoms with Crippen LogP contribution < -0.4 is 0 Å². The second kappa shape index (κ2) is 8.71. The number of hydrogen-bond donors (Lipinski definition) is 0. The molecule has 0 aromatic carbocycles. The smallest absolute Gasteiger partial charge is 0.223 e. The molecule has 1 aliphatic rings. The van der Waals surface area contributed by atoms with Gasteiger partial charge in [-0.05, 0) is 32.3 Å². The van der Waals surface area contributed by atoms with E-state index in [1.807, 2.05) is 28.8 Å². The van der Waals surface area contributed by atoms with Gasteiger partial charge in [-0.25, -0.2) is 0 Å². The minimum absolute atomic E-state index is 0.118. The summed E-state index contributed by atoms with van der Waals surface area (Å²) in [5.74, 6) is 0.205. The first-order valence-corrected chi connectivity index (χ1v) is 8.85. The highest BCUT2D eigenvalue weighted by molar-refractivity contribution is 5.76. The maximum Gasteiger partial charge on any atom is 0.223 e. The van der Waals surface area contributed by atoms with Gasteiger partial charge in [0.2, 0.25) is 5.91 Å². The third kappa shape index (κ3) is 4.85. The van der Waals surface area contributed by atoms with Gasteiger partial charge in [-0.15, -0.1) is 0 Å². The lowest BCUT2D eigenvalue weighted by Gasteiger charge is -2.36. The zero-order valence-corrected chi connectivity index (χ0v) is 14.7. The van der Waals surface area contributed by atoms with Crippen molar-refractivity contribution >= 4 is 5.91 Å². The maximum absolute atomic E-state index is 12.6. The molecule has 2 aromatic rings. The molecule has 7 nitrogen and oxygen atoms in total. The van der Waals surface area contributed by atoms with Crippen LogP contribution in [-0.4, -0.2) is 56.4 Å². The number of aryl methyl sites for hydroxylation is 3. The molecule has 25 heavy (non-hydrogen) atoms. The highest BCUT2D eigenvalue weighted by Gasteiger charge is 2.26. The second-order valence-corrected chi connectivity index (χ2v) is 6.32. The molecule has 2 aromatic heterocycles. The Morgan fingerprint density at radius 3 is 3.00 bits per heavy atom. The number of hydrogen-bond acceptors (Lipinski definition) is 5. The van der Waals surface area contributed by atoms with Crippen LogP contribution in [0.15, 0.2) is 30.9 Å². The molecule has 0 N–H and O–H groups in total. The summed E-state index contributed by atoms with van der Waals surface area (Å²) in [7, 11) is 0. The summed E-state index contributed by atoms with van der Waals surface area (Å²) in [5.41, 5.74) is 1.95. The van der Waals surface area contributed by atoms with E-state index in [4.69, 9.17) is 4.74 Å². The number of carbonyl (C=O) groups is 1. The summed E-state index contributed by atoms with van der Waals surface area (Å²) in [6.07, 6.45) is 10.1. The van der Waals surface area contributed by atoms with Crippen molar-refractivity contribution in [2.75, 3.05) is 19.8 Å². The molecule has 0 radical (unpaired) electrons. The first-order chi connectivity index (χ1) is 12.2. The Bertz CT molecular complexity index is 674. The fraction of sp³-hybridized carbons (Fsp3) is 0.556. The summed E-state index contributed by atoms with van der Waals surface area (Å²) >= 11 is 0. The van der Waals surface area contributed by atoms with Crippen molar-refractivity contribution in [1.82, 2.24) is 24.6 Å². The fourth-order valence-corrected chi connectivity index (χ4v) is 3.18. The highest BCUT2D eigenvalue weighted by Crippen LogP contribution is 2.16. The molecule has 0 spiro atoms. The predicted molar refractivity (Wildman–Crippen MR) is 92.9 cm³/mol. The van der Waals surface area contributed by atoms with Crippen LogP contribution in [0.25, 0.3) is 0 Å². The normalized spacial score (nSPS) is 17.6. The average Bonchev–Trinajstić information content (AvgIpc) is 3.15. The van der Waals surface area contributed by atoms with E-state index < -0.39 is 0 Å². The van der Waals surface area contributed by atoms with E-state index in [0.717, 1.165) is 37.2 Å². The second-order valence-electron chi connectivity index (χ2n) is 6.32. The van der Waals surface area contributed by atoms with E-state index in [1.54, 1.807) is 18.6 Å². The summed E-state index contributed by atoms with van der Waals surface area (Å²) in [6, 6.07) is 2.02. The number of morpholine rings is 1. The van der Waals surface area contributed by atoms with Gasteiger partial charge in [0.1, 0.15) is 0 Å². The van der Waals surface area contributed by atoms with Crippen LogP contribution in [0.3, 0.4) is 0 Å². The minimum atomic E-state index is 0.118. The van der Waals surface area contributed by atoms with Crippen molar-refractivity contribution < 1.29 is 9.53 Å². The Kier molecular flexibility index (Phi) is 6.11. The van der Waals surface area contributed by atoms with E-state index in [-0.39, 0.29) is 11.9 Å². The Balaban J connectivity index is 1.51. The molecule has 0 unspecified atom stereocenters. The van der Waals surface area contributed by atoms with Gasteiger partial charge in [0.15, 0.2) is 0 Å². The number of carbonyl (C=O) groups excluding carboxylic acids is 1. The summed E-state index contributed by atoms with van der Waals surface area (Å²) in [5, 5.41) is 4.17. The molecule has 1 aliphatic heterocycles. The predicted octanol–water partition coefficient (Wildman–Crippen LogP) is 1.62. The third-order valence-corrected chi connectivity index (χ3v) is 4.58. The SMILES string of the molecule is Cc1nccnc1CC[C@@H]1COCCN1C(=O)CCCn1cccn1. The summed E-state index contributed by atoms with van der Waals surface area (Å²) in [4.78, 5) is 23.3. The van der Waals surface area contributed by atoms with Crippen molar-refractivity contribution in [1.29, 1.82) is 0 Å². The van der Waals surface area contributed by atoms with Gasteiger partial charge in [-0.2, -0.15) is 5.10 Å².